The van der Waals surface area contributed by atoms with Gasteiger partial charge in [0.2, 0.25) is 0 Å². The third-order valence-corrected chi connectivity index (χ3v) is 0. The van der Waals surface area contributed by atoms with E-state index in [-0.39, 0.29) is 0 Å². The first-order chi connectivity index (χ1) is 2.00. The Labute approximate surface area is 38.5 Å². The summed E-state index contributed by atoms with van der Waals surface area (Å²) in [6.07, 6.45) is 0. The molecule has 0 heterocycles. The Balaban J connectivity index is 0. The summed E-state index contributed by atoms with van der Waals surface area (Å²) in [5, 5.41) is 14.0. The molecule has 0 aromatic heterocycles. The minimum absolute atomic E-state index is 0.300. The van der Waals surface area contributed by atoms with E-state index < -0.39 is 0 Å². The van der Waals surface area contributed by atoms with E-state index in [1.807, 2.05) is 0 Å². The molecule has 0 aromatic rings. The molecular formula is O3Zr. The number of rotatable bonds is 0. The molecule has 0 aromatic carbocycles. The summed E-state index contributed by atoms with van der Waals surface area (Å²) in [5.41, 5.74) is 0. The van der Waals surface area contributed by atoms with Crippen LogP contribution in [0.25, 0.3) is 0 Å². The molecule has 22 valence electrons. The molecule has 0 atom stereocenters. The van der Waals surface area contributed by atoms with Crippen molar-refractivity contribution >= 4 is 0 Å². The standard InChI is InChI=1S/O2.O.Zr/c1-2;;/q-2;;+2. The van der Waals surface area contributed by atoms with E-state index in [1.54, 1.807) is 0 Å². The summed E-state index contributed by atoms with van der Waals surface area (Å²) in [4.78, 5) is 0. The van der Waals surface area contributed by atoms with E-state index in [0.717, 1.165) is 0 Å². The summed E-state index contributed by atoms with van der Waals surface area (Å²) >= 11 is 0.300. The molecular weight excluding hydrogens is 139 g/mol. The molecule has 0 aliphatic carbocycles. The van der Waals surface area contributed by atoms with Crippen molar-refractivity contribution in [3.63, 3.8) is 0 Å². The molecule has 0 radical (unpaired) electrons. The zero-order valence-corrected chi connectivity index (χ0v) is 4.18. The molecule has 0 aliphatic heterocycles. The van der Waals surface area contributed by atoms with Crippen LogP contribution in [0.5, 0.6) is 0 Å². The Morgan fingerprint density at radius 3 is 1.25 bits per heavy atom. The van der Waals surface area contributed by atoms with Gasteiger partial charge in [0.25, 0.3) is 0 Å². The van der Waals surface area contributed by atoms with Crippen LogP contribution in [0.1, 0.15) is 0 Å². The predicted octanol–water partition coefficient (Wildman–Crippen LogP) is -2.50. The average molecular weight is 139 g/mol. The zero-order valence-electron chi connectivity index (χ0n) is 1.72. The van der Waals surface area contributed by atoms with Crippen molar-refractivity contribution in [1.82, 2.24) is 0 Å². The fourth-order valence-corrected chi connectivity index (χ4v) is 0. The topological polar surface area (TPSA) is 63.2 Å². The summed E-state index contributed by atoms with van der Waals surface area (Å²) in [5.74, 6) is 0. The van der Waals surface area contributed by atoms with E-state index in [9.17, 15) is 0 Å². The van der Waals surface area contributed by atoms with Gasteiger partial charge >= 0.3 is 27.5 Å². The summed E-state index contributed by atoms with van der Waals surface area (Å²) in [6.45, 7) is 0. The van der Waals surface area contributed by atoms with E-state index in [2.05, 4.69) is 0 Å². The molecule has 0 unspecified atom stereocenters. The second kappa shape index (κ2) is 67.1. The van der Waals surface area contributed by atoms with Crippen molar-refractivity contribution in [3.05, 3.63) is 0 Å². The molecule has 0 bridgehead atoms. The van der Waals surface area contributed by atoms with Crippen LogP contribution >= 0.6 is 0 Å². The van der Waals surface area contributed by atoms with Crippen LogP contribution < -0.4 is 10.5 Å². The van der Waals surface area contributed by atoms with Crippen molar-refractivity contribution < 1.29 is 38.1 Å². The van der Waals surface area contributed by atoms with Gasteiger partial charge in [-0.1, -0.05) is 0 Å². The molecule has 0 fully saturated rings. The first-order valence-electron chi connectivity index (χ1n) is 0.371. The first-order valence-corrected chi connectivity index (χ1v) is 1.37. The summed E-state index contributed by atoms with van der Waals surface area (Å²) in [6, 6.07) is 0. The second-order valence-electron chi connectivity index (χ2n) is 0. The van der Waals surface area contributed by atoms with Crippen LogP contribution in [0.15, 0.2) is 0 Å². The maximum atomic E-state index is 8.34. The molecule has 4 heteroatoms. The van der Waals surface area contributed by atoms with E-state index in [1.165, 1.54) is 0 Å². The second-order valence-corrected chi connectivity index (χ2v) is 0. The van der Waals surface area contributed by atoms with Gasteiger partial charge < -0.3 is 10.5 Å². The molecule has 0 rings (SSSR count). The van der Waals surface area contributed by atoms with Gasteiger partial charge in [-0.2, -0.15) is 0 Å². The predicted molar refractivity (Wildman–Crippen MR) is 0.686 cm³/mol. The average Bonchev–Trinajstić information content (AvgIpc) is 1.50. The van der Waals surface area contributed by atoms with Gasteiger partial charge in [0.1, 0.15) is 0 Å². The Morgan fingerprint density at radius 1 is 1.25 bits per heavy atom. The Kier molecular flexibility index (Phi) is 148. The SMILES string of the molecule is [O-][O-].[O]=[Zr+2]. The van der Waals surface area contributed by atoms with Gasteiger partial charge in [-0.15, -0.1) is 0 Å². The van der Waals surface area contributed by atoms with Gasteiger partial charge in [-0.25, -0.2) is 0 Å². The van der Waals surface area contributed by atoms with E-state index >= 15 is 0 Å². The fourth-order valence-electron chi connectivity index (χ4n) is 0. The molecule has 0 saturated carbocycles. The summed E-state index contributed by atoms with van der Waals surface area (Å²) in [7, 11) is 0. The van der Waals surface area contributed by atoms with Crippen LogP contribution in [0.3, 0.4) is 0 Å². The number of hydrogen-bond donors (Lipinski definition) is 0. The quantitative estimate of drug-likeness (QED) is 0.275. The summed E-state index contributed by atoms with van der Waals surface area (Å²) < 4.78 is 8.34. The first kappa shape index (κ1) is 8.82. The van der Waals surface area contributed by atoms with Gasteiger partial charge in [0.15, 0.2) is 0 Å². The maximum absolute atomic E-state index is 8.34. The molecule has 0 N–H and O–H groups in total. The third kappa shape index (κ3) is 18.4. The molecule has 4 heavy (non-hydrogen) atoms. The Bertz CT molecular complexity index is 3.25. The monoisotopic (exact) mass is 138 g/mol. The van der Waals surface area contributed by atoms with Crippen LogP contribution in [0, 0.1) is 0 Å². The van der Waals surface area contributed by atoms with Crippen molar-refractivity contribution in [1.29, 1.82) is 0 Å². The Morgan fingerprint density at radius 2 is 1.25 bits per heavy atom. The third-order valence-electron chi connectivity index (χ3n) is 0. The minimum atomic E-state index is 0.300. The van der Waals surface area contributed by atoms with Crippen molar-refractivity contribution in [2.45, 2.75) is 0 Å². The van der Waals surface area contributed by atoms with E-state index in [0.29, 0.717) is 24.7 Å². The molecule has 0 saturated heterocycles. The van der Waals surface area contributed by atoms with Gasteiger partial charge in [0, 0.05) is 0 Å². The Hall–Kier alpha value is 0.603. The zero-order chi connectivity index (χ0) is 4.00. The molecule has 0 spiro atoms. The molecule has 0 amide bonds. The molecule has 0 aliphatic rings. The van der Waals surface area contributed by atoms with Gasteiger partial charge in [-0.3, -0.25) is 0 Å². The van der Waals surface area contributed by atoms with Crippen LogP contribution in [0.4, 0.5) is 0 Å². The molecule has 3 nitrogen and oxygen atoms in total. The van der Waals surface area contributed by atoms with Gasteiger partial charge in [0.05, 0.1) is 0 Å². The van der Waals surface area contributed by atoms with Gasteiger partial charge in [-0.05, 0) is 0 Å². The normalized spacial score (nSPS) is 3.00. The van der Waals surface area contributed by atoms with Crippen molar-refractivity contribution in [3.8, 4) is 0 Å². The van der Waals surface area contributed by atoms with Crippen LogP contribution in [-0.2, 0) is 27.5 Å². The number of hydrogen-bond acceptors (Lipinski definition) is 3. The van der Waals surface area contributed by atoms with E-state index in [4.69, 9.17) is 13.3 Å². The van der Waals surface area contributed by atoms with Crippen molar-refractivity contribution in [2.75, 3.05) is 0 Å². The van der Waals surface area contributed by atoms with Crippen LogP contribution in [0.2, 0.25) is 0 Å². The fraction of sp³-hybridized carbons (Fsp3) is 0. The van der Waals surface area contributed by atoms with Crippen molar-refractivity contribution in [2.24, 2.45) is 0 Å². The van der Waals surface area contributed by atoms with Crippen LogP contribution in [-0.4, -0.2) is 0 Å².